The highest BCUT2D eigenvalue weighted by Gasteiger charge is 2.51. The largest absolute Gasteiger partial charge is 0.260 e. The van der Waals surface area contributed by atoms with Crippen LogP contribution in [0.25, 0.3) is 0 Å². The molecule has 9 heavy (non-hydrogen) atoms. The highest BCUT2D eigenvalue weighted by Crippen LogP contribution is 2.53. The van der Waals surface area contributed by atoms with Crippen LogP contribution in [0.1, 0.15) is 6.42 Å². The van der Waals surface area contributed by atoms with Crippen molar-refractivity contribution >= 4 is 34.0 Å². The molecule has 0 aliphatic heterocycles. The Hall–Kier alpha value is 0.730. The van der Waals surface area contributed by atoms with Gasteiger partial charge in [-0.1, -0.05) is 0 Å². The third-order valence-corrected chi connectivity index (χ3v) is 3.19. The van der Waals surface area contributed by atoms with Crippen LogP contribution >= 0.6 is 23.2 Å². The summed E-state index contributed by atoms with van der Waals surface area (Å²) in [6, 6.07) is 0. The summed E-state index contributed by atoms with van der Waals surface area (Å²) < 4.78 is 10.0. The lowest BCUT2D eigenvalue weighted by Gasteiger charge is -1.94. The summed E-state index contributed by atoms with van der Waals surface area (Å²) in [7, 11) is -0.749. The van der Waals surface area contributed by atoms with Gasteiger partial charge in [0.2, 0.25) is 0 Å². The minimum absolute atomic E-state index is 0.270. The van der Waals surface area contributed by atoms with E-state index in [0.29, 0.717) is 5.75 Å². The van der Waals surface area contributed by atoms with Crippen molar-refractivity contribution in [1.82, 2.24) is 0 Å². The molecule has 0 aromatic rings. The lowest BCUT2D eigenvalue weighted by atomic mass is 10.5. The normalized spacial score (nSPS) is 33.9. The molecular weight excluding hydrogens is 179 g/mol. The second-order valence-corrected chi connectivity index (χ2v) is 5.42. The van der Waals surface area contributed by atoms with Gasteiger partial charge in [-0.3, -0.25) is 4.21 Å². The van der Waals surface area contributed by atoms with Gasteiger partial charge in [-0.05, 0) is 6.42 Å². The molecule has 54 valence electrons. The Labute approximate surface area is 67.2 Å². The standard InChI is InChI=1S/C5H8Cl2OS/c1-9(8)3-4-2-5(4,6)7/h4H,2-3H2,1H3. The van der Waals surface area contributed by atoms with Gasteiger partial charge in [0.1, 0.15) is 4.33 Å². The Kier molecular flexibility index (Phi) is 2.09. The predicted molar refractivity (Wildman–Crippen MR) is 41.5 cm³/mol. The molecular formula is C5H8Cl2OS. The molecule has 2 atom stereocenters. The van der Waals surface area contributed by atoms with Crippen molar-refractivity contribution in [2.75, 3.05) is 12.0 Å². The van der Waals surface area contributed by atoms with E-state index in [9.17, 15) is 4.21 Å². The van der Waals surface area contributed by atoms with Gasteiger partial charge < -0.3 is 0 Å². The lowest BCUT2D eigenvalue weighted by Crippen LogP contribution is -2.01. The molecule has 0 saturated heterocycles. The topological polar surface area (TPSA) is 17.1 Å². The van der Waals surface area contributed by atoms with E-state index in [4.69, 9.17) is 23.2 Å². The molecule has 1 fully saturated rings. The van der Waals surface area contributed by atoms with Crippen LogP contribution in [0.2, 0.25) is 0 Å². The van der Waals surface area contributed by atoms with E-state index >= 15 is 0 Å². The Bertz CT molecular complexity index is 146. The molecule has 0 aromatic heterocycles. The summed E-state index contributed by atoms with van der Waals surface area (Å²) in [6.45, 7) is 0. The van der Waals surface area contributed by atoms with E-state index in [0.717, 1.165) is 6.42 Å². The van der Waals surface area contributed by atoms with Crippen LogP contribution in [0.3, 0.4) is 0 Å². The van der Waals surface area contributed by atoms with Crippen molar-refractivity contribution in [2.24, 2.45) is 5.92 Å². The monoisotopic (exact) mass is 186 g/mol. The summed E-state index contributed by atoms with van der Waals surface area (Å²) in [5.74, 6) is 0.916. The SMILES string of the molecule is CS(=O)CC1CC1(Cl)Cl. The summed E-state index contributed by atoms with van der Waals surface area (Å²) in [5.41, 5.74) is 0. The zero-order valence-corrected chi connectivity index (χ0v) is 7.39. The Morgan fingerprint density at radius 2 is 2.22 bits per heavy atom. The van der Waals surface area contributed by atoms with Gasteiger partial charge in [0.25, 0.3) is 0 Å². The molecule has 1 rings (SSSR count). The number of alkyl halides is 2. The second kappa shape index (κ2) is 2.40. The molecule has 0 amide bonds. The fraction of sp³-hybridized carbons (Fsp3) is 1.00. The van der Waals surface area contributed by atoms with Crippen molar-refractivity contribution in [3.63, 3.8) is 0 Å². The Morgan fingerprint density at radius 1 is 1.78 bits per heavy atom. The average molecular weight is 187 g/mol. The van der Waals surface area contributed by atoms with Crippen LogP contribution in [0.5, 0.6) is 0 Å². The molecule has 1 nitrogen and oxygen atoms in total. The Morgan fingerprint density at radius 3 is 2.33 bits per heavy atom. The molecule has 0 heterocycles. The number of hydrogen-bond donors (Lipinski definition) is 0. The molecule has 4 heteroatoms. The molecule has 1 aliphatic rings. The molecule has 1 saturated carbocycles. The zero-order chi connectivity index (χ0) is 7.07. The van der Waals surface area contributed by atoms with Gasteiger partial charge in [-0.25, -0.2) is 0 Å². The molecule has 0 aromatic carbocycles. The first kappa shape index (κ1) is 7.83. The van der Waals surface area contributed by atoms with Crippen LogP contribution in [0.15, 0.2) is 0 Å². The van der Waals surface area contributed by atoms with Crippen LogP contribution in [-0.2, 0) is 10.8 Å². The zero-order valence-electron chi connectivity index (χ0n) is 5.06. The quantitative estimate of drug-likeness (QED) is 0.599. The smallest absolute Gasteiger partial charge is 0.122 e. The Balaban J connectivity index is 2.28. The van der Waals surface area contributed by atoms with Crippen molar-refractivity contribution < 1.29 is 4.21 Å². The minimum atomic E-state index is -0.749. The van der Waals surface area contributed by atoms with Crippen LogP contribution in [-0.4, -0.2) is 20.6 Å². The van der Waals surface area contributed by atoms with Gasteiger partial charge in [-0.15, -0.1) is 23.2 Å². The fourth-order valence-corrected chi connectivity index (χ4v) is 2.41. The van der Waals surface area contributed by atoms with Crippen LogP contribution < -0.4 is 0 Å². The first-order valence-electron chi connectivity index (χ1n) is 2.70. The van der Waals surface area contributed by atoms with Gasteiger partial charge >= 0.3 is 0 Å². The maximum Gasteiger partial charge on any atom is 0.122 e. The van der Waals surface area contributed by atoms with E-state index in [1.54, 1.807) is 6.26 Å². The number of rotatable bonds is 2. The molecule has 0 spiro atoms. The van der Waals surface area contributed by atoms with Crippen molar-refractivity contribution in [3.8, 4) is 0 Å². The lowest BCUT2D eigenvalue weighted by molar-refractivity contribution is 0.683. The van der Waals surface area contributed by atoms with E-state index in [1.165, 1.54) is 0 Å². The third kappa shape index (κ3) is 2.10. The molecule has 0 radical (unpaired) electrons. The maximum atomic E-state index is 10.6. The fourth-order valence-electron chi connectivity index (χ4n) is 0.734. The van der Waals surface area contributed by atoms with Crippen LogP contribution in [0.4, 0.5) is 0 Å². The van der Waals surface area contributed by atoms with Gasteiger partial charge in [0, 0.05) is 28.7 Å². The average Bonchev–Trinajstić information content (AvgIpc) is 2.10. The maximum absolute atomic E-state index is 10.6. The summed E-state index contributed by atoms with van der Waals surface area (Å²) in [5, 5.41) is 0. The molecule has 2 unspecified atom stereocenters. The van der Waals surface area contributed by atoms with Crippen molar-refractivity contribution in [2.45, 2.75) is 10.8 Å². The van der Waals surface area contributed by atoms with Gasteiger partial charge in [0.05, 0.1) is 0 Å². The van der Waals surface area contributed by atoms with E-state index < -0.39 is 15.1 Å². The van der Waals surface area contributed by atoms with E-state index in [-0.39, 0.29) is 5.92 Å². The summed E-state index contributed by atoms with van der Waals surface area (Å²) in [6.07, 6.45) is 2.47. The van der Waals surface area contributed by atoms with Gasteiger partial charge in [-0.2, -0.15) is 0 Å². The first-order valence-corrected chi connectivity index (χ1v) is 5.18. The van der Waals surface area contributed by atoms with E-state index in [2.05, 4.69) is 0 Å². The predicted octanol–water partition coefficient (Wildman–Crippen LogP) is 1.56. The third-order valence-electron chi connectivity index (χ3n) is 1.39. The van der Waals surface area contributed by atoms with E-state index in [1.807, 2.05) is 0 Å². The molecule has 0 bridgehead atoms. The number of halogens is 2. The minimum Gasteiger partial charge on any atom is -0.260 e. The first-order chi connectivity index (χ1) is 4.02. The highest BCUT2D eigenvalue weighted by atomic mass is 35.5. The highest BCUT2D eigenvalue weighted by molar-refractivity contribution is 7.84. The van der Waals surface area contributed by atoms with Gasteiger partial charge in [0.15, 0.2) is 0 Å². The summed E-state index contributed by atoms with van der Waals surface area (Å²) >= 11 is 11.4. The molecule has 1 aliphatic carbocycles. The van der Waals surface area contributed by atoms with Crippen molar-refractivity contribution in [1.29, 1.82) is 0 Å². The van der Waals surface area contributed by atoms with Crippen LogP contribution in [0, 0.1) is 5.92 Å². The second-order valence-electron chi connectivity index (χ2n) is 2.40. The summed E-state index contributed by atoms with van der Waals surface area (Å²) in [4.78, 5) is 0. The van der Waals surface area contributed by atoms with Crippen molar-refractivity contribution in [3.05, 3.63) is 0 Å². The number of hydrogen-bond acceptors (Lipinski definition) is 1. The molecule has 0 N–H and O–H groups in total.